The lowest BCUT2D eigenvalue weighted by Crippen LogP contribution is -2.21. The standard InChI is InChI=1S/C15H23F3N2/c1-4-8-19-11-12-6-7-13(20(3)9-5-2)10-14(12)15(16,17)18/h6-7,10,19H,4-5,8-9,11H2,1-3H3. The highest BCUT2D eigenvalue weighted by Crippen LogP contribution is 2.34. The van der Waals surface area contributed by atoms with E-state index in [0.717, 1.165) is 25.9 Å². The number of nitrogens with one attached hydrogen (secondary N) is 1. The number of benzene rings is 1. The Hall–Kier alpha value is -1.23. The molecular weight excluding hydrogens is 265 g/mol. The van der Waals surface area contributed by atoms with Gasteiger partial charge in [-0.05, 0) is 37.1 Å². The molecule has 0 bridgehead atoms. The maximum atomic E-state index is 13.1. The summed E-state index contributed by atoms with van der Waals surface area (Å²) < 4.78 is 39.4. The molecule has 0 amide bonds. The summed E-state index contributed by atoms with van der Waals surface area (Å²) in [6, 6.07) is 4.58. The van der Waals surface area contributed by atoms with Crippen LogP contribution < -0.4 is 10.2 Å². The smallest absolute Gasteiger partial charge is 0.375 e. The van der Waals surface area contributed by atoms with Crippen molar-refractivity contribution in [3.8, 4) is 0 Å². The summed E-state index contributed by atoms with van der Waals surface area (Å²) in [4.78, 5) is 1.85. The van der Waals surface area contributed by atoms with Gasteiger partial charge >= 0.3 is 6.18 Å². The fourth-order valence-electron chi connectivity index (χ4n) is 2.08. The molecule has 114 valence electrons. The van der Waals surface area contributed by atoms with Gasteiger partial charge in [0.2, 0.25) is 0 Å². The van der Waals surface area contributed by atoms with E-state index in [1.165, 1.54) is 6.07 Å². The van der Waals surface area contributed by atoms with E-state index in [1.807, 2.05) is 25.8 Å². The summed E-state index contributed by atoms with van der Waals surface area (Å²) in [5, 5.41) is 3.02. The van der Waals surface area contributed by atoms with Crippen LogP contribution in [0.25, 0.3) is 0 Å². The monoisotopic (exact) mass is 288 g/mol. The minimum absolute atomic E-state index is 0.250. The fraction of sp³-hybridized carbons (Fsp3) is 0.600. The van der Waals surface area contributed by atoms with Crippen molar-refractivity contribution in [3.63, 3.8) is 0 Å². The number of hydrogen-bond donors (Lipinski definition) is 1. The second-order valence-electron chi connectivity index (χ2n) is 4.94. The van der Waals surface area contributed by atoms with Crippen LogP contribution in [0.1, 0.15) is 37.8 Å². The van der Waals surface area contributed by atoms with Crippen LogP contribution >= 0.6 is 0 Å². The van der Waals surface area contributed by atoms with Gasteiger partial charge in [0.15, 0.2) is 0 Å². The van der Waals surface area contributed by atoms with E-state index < -0.39 is 11.7 Å². The van der Waals surface area contributed by atoms with Gasteiger partial charge in [-0.2, -0.15) is 13.2 Å². The molecule has 20 heavy (non-hydrogen) atoms. The zero-order valence-electron chi connectivity index (χ0n) is 12.3. The molecule has 1 aromatic carbocycles. The molecular formula is C15H23F3N2. The predicted molar refractivity (Wildman–Crippen MR) is 77.0 cm³/mol. The summed E-state index contributed by atoms with van der Waals surface area (Å²) in [6.07, 6.45) is -2.51. The zero-order valence-corrected chi connectivity index (χ0v) is 12.3. The molecule has 2 nitrogen and oxygen atoms in total. The Kier molecular flexibility index (Phi) is 6.33. The second-order valence-corrected chi connectivity index (χ2v) is 4.94. The normalized spacial score (nSPS) is 11.7. The highest BCUT2D eigenvalue weighted by molar-refractivity contribution is 5.51. The van der Waals surface area contributed by atoms with Crippen LogP contribution in [0.4, 0.5) is 18.9 Å². The minimum atomic E-state index is -4.31. The molecule has 0 heterocycles. The average molecular weight is 288 g/mol. The predicted octanol–water partition coefficient (Wildman–Crippen LogP) is 4.05. The van der Waals surface area contributed by atoms with Crippen molar-refractivity contribution < 1.29 is 13.2 Å². The van der Waals surface area contributed by atoms with Gasteiger partial charge in [-0.3, -0.25) is 0 Å². The topological polar surface area (TPSA) is 15.3 Å². The summed E-state index contributed by atoms with van der Waals surface area (Å²) in [7, 11) is 1.81. The van der Waals surface area contributed by atoms with Gasteiger partial charge < -0.3 is 10.2 Å². The minimum Gasteiger partial charge on any atom is -0.375 e. The van der Waals surface area contributed by atoms with Gasteiger partial charge in [-0.15, -0.1) is 0 Å². The Morgan fingerprint density at radius 3 is 2.40 bits per heavy atom. The first-order valence-corrected chi connectivity index (χ1v) is 7.02. The number of nitrogens with zero attached hydrogens (tertiary/aromatic N) is 1. The van der Waals surface area contributed by atoms with Crippen LogP contribution in [0.3, 0.4) is 0 Å². The van der Waals surface area contributed by atoms with Gasteiger partial charge in [0.05, 0.1) is 5.56 Å². The Morgan fingerprint density at radius 2 is 1.85 bits per heavy atom. The molecule has 0 saturated heterocycles. The first-order valence-electron chi connectivity index (χ1n) is 7.02. The first kappa shape index (κ1) is 16.8. The van der Waals surface area contributed by atoms with E-state index in [2.05, 4.69) is 5.32 Å². The van der Waals surface area contributed by atoms with E-state index in [0.29, 0.717) is 11.3 Å². The third-order valence-corrected chi connectivity index (χ3v) is 3.14. The molecule has 0 aromatic heterocycles. The van der Waals surface area contributed by atoms with E-state index >= 15 is 0 Å². The third-order valence-electron chi connectivity index (χ3n) is 3.14. The van der Waals surface area contributed by atoms with Crippen molar-refractivity contribution in [3.05, 3.63) is 29.3 Å². The Labute approximate surface area is 119 Å². The van der Waals surface area contributed by atoms with Crippen LogP contribution in [0.2, 0.25) is 0 Å². The highest BCUT2D eigenvalue weighted by atomic mass is 19.4. The SMILES string of the molecule is CCCNCc1ccc(N(C)CCC)cc1C(F)(F)F. The number of alkyl halides is 3. The molecule has 0 saturated carbocycles. The van der Waals surface area contributed by atoms with Crippen molar-refractivity contribution in [1.29, 1.82) is 0 Å². The lowest BCUT2D eigenvalue weighted by molar-refractivity contribution is -0.138. The lowest BCUT2D eigenvalue weighted by Gasteiger charge is -2.21. The van der Waals surface area contributed by atoms with Crippen LogP contribution in [-0.2, 0) is 12.7 Å². The maximum absolute atomic E-state index is 13.1. The van der Waals surface area contributed by atoms with Crippen molar-refractivity contribution in [1.82, 2.24) is 5.32 Å². The molecule has 0 aliphatic rings. The Bertz CT molecular complexity index is 416. The van der Waals surface area contributed by atoms with E-state index in [9.17, 15) is 13.2 Å². The summed E-state index contributed by atoms with van der Waals surface area (Å²) >= 11 is 0. The number of rotatable bonds is 7. The molecule has 5 heteroatoms. The van der Waals surface area contributed by atoms with Crippen LogP contribution in [0.5, 0.6) is 0 Å². The molecule has 0 atom stereocenters. The molecule has 0 aliphatic heterocycles. The molecule has 0 spiro atoms. The van der Waals surface area contributed by atoms with Crippen LogP contribution in [0.15, 0.2) is 18.2 Å². The van der Waals surface area contributed by atoms with Gasteiger partial charge in [0.1, 0.15) is 0 Å². The largest absolute Gasteiger partial charge is 0.416 e. The van der Waals surface area contributed by atoms with Crippen molar-refractivity contribution in [2.75, 3.05) is 25.0 Å². The lowest BCUT2D eigenvalue weighted by atomic mass is 10.1. The zero-order chi connectivity index (χ0) is 15.2. The van der Waals surface area contributed by atoms with Gasteiger partial charge in [-0.1, -0.05) is 19.9 Å². The molecule has 0 aliphatic carbocycles. The van der Waals surface area contributed by atoms with E-state index in [4.69, 9.17) is 0 Å². The van der Waals surface area contributed by atoms with E-state index in [-0.39, 0.29) is 6.54 Å². The van der Waals surface area contributed by atoms with E-state index in [1.54, 1.807) is 12.1 Å². The molecule has 0 unspecified atom stereocenters. The maximum Gasteiger partial charge on any atom is 0.416 e. The second kappa shape index (κ2) is 7.53. The van der Waals surface area contributed by atoms with Crippen LogP contribution in [0, 0.1) is 0 Å². The Balaban J connectivity index is 3.01. The first-order chi connectivity index (χ1) is 9.40. The molecule has 1 rings (SSSR count). The molecule has 1 N–H and O–H groups in total. The molecule has 1 aromatic rings. The average Bonchev–Trinajstić information content (AvgIpc) is 2.38. The summed E-state index contributed by atoms with van der Waals surface area (Å²) in [5.74, 6) is 0. The molecule has 0 fully saturated rings. The fourth-order valence-corrected chi connectivity index (χ4v) is 2.08. The molecule has 0 radical (unpaired) electrons. The van der Waals surface area contributed by atoms with Crippen molar-refractivity contribution in [2.45, 2.75) is 39.4 Å². The van der Waals surface area contributed by atoms with Crippen LogP contribution in [-0.4, -0.2) is 20.1 Å². The number of hydrogen-bond acceptors (Lipinski definition) is 2. The van der Waals surface area contributed by atoms with Gasteiger partial charge in [-0.25, -0.2) is 0 Å². The summed E-state index contributed by atoms with van der Waals surface area (Å²) in [6.45, 7) is 5.70. The third kappa shape index (κ3) is 4.71. The Morgan fingerprint density at radius 1 is 1.15 bits per heavy atom. The summed E-state index contributed by atoms with van der Waals surface area (Å²) in [5.41, 5.74) is 0.375. The number of halogens is 3. The van der Waals surface area contributed by atoms with Crippen molar-refractivity contribution >= 4 is 5.69 Å². The number of anilines is 1. The van der Waals surface area contributed by atoms with Gasteiger partial charge in [0.25, 0.3) is 0 Å². The van der Waals surface area contributed by atoms with Gasteiger partial charge in [0, 0.05) is 25.8 Å². The quantitative estimate of drug-likeness (QED) is 0.761. The van der Waals surface area contributed by atoms with Crippen molar-refractivity contribution in [2.24, 2.45) is 0 Å². The highest BCUT2D eigenvalue weighted by Gasteiger charge is 2.33.